The number of hydrogen-bond donors (Lipinski definition) is 0. The van der Waals surface area contributed by atoms with Crippen molar-refractivity contribution in [1.29, 1.82) is 0 Å². The lowest BCUT2D eigenvalue weighted by atomic mass is 9.93. The number of piperidine rings is 1. The monoisotopic (exact) mass is 601 g/mol. The molecule has 2 aromatic rings. The molecule has 3 aliphatic rings. The zero-order chi connectivity index (χ0) is 29.3. The first-order chi connectivity index (χ1) is 19.6. The summed E-state index contributed by atoms with van der Waals surface area (Å²) < 4.78 is 10.8. The number of rotatable bonds is 7. The fraction of sp³-hybridized carbons (Fsp3) is 0.516. The van der Waals surface area contributed by atoms with Crippen LogP contribution in [0.5, 0.6) is 11.5 Å². The molecule has 0 aromatic heterocycles. The maximum Gasteiger partial charge on any atom is 0.415 e. The van der Waals surface area contributed by atoms with E-state index in [-0.39, 0.29) is 35.1 Å². The molecule has 2 atom stereocenters. The molecule has 0 spiro atoms. The van der Waals surface area contributed by atoms with Gasteiger partial charge in [0.15, 0.2) is 0 Å². The highest BCUT2D eigenvalue weighted by atomic mass is 35.5. The van der Waals surface area contributed by atoms with Gasteiger partial charge in [0.05, 0.1) is 23.2 Å². The number of carbonyl (C=O) groups is 3. The molecule has 41 heavy (non-hydrogen) atoms. The van der Waals surface area contributed by atoms with Crippen molar-refractivity contribution in [2.24, 2.45) is 17.3 Å². The molecule has 0 N–H and O–H groups in total. The molecular formula is C31H37Cl2N3O5. The maximum absolute atomic E-state index is 13.7. The number of halogens is 2. The molecule has 1 saturated carbocycles. The highest BCUT2D eigenvalue weighted by molar-refractivity contribution is 6.42. The average molecular weight is 603 g/mol. The molecule has 0 radical (unpaired) electrons. The molecule has 2 aromatic carbocycles. The minimum Gasteiger partial charge on any atom is -0.497 e. The highest BCUT2D eigenvalue weighted by Gasteiger charge is 2.48. The Balaban J connectivity index is 1.27. The van der Waals surface area contributed by atoms with E-state index in [1.165, 1.54) is 0 Å². The first-order valence-electron chi connectivity index (χ1n) is 14.2. The van der Waals surface area contributed by atoms with Gasteiger partial charge in [-0.15, -0.1) is 0 Å². The van der Waals surface area contributed by atoms with Crippen LogP contribution in [0.2, 0.25) is 10.0 Å². The van der Waals surface area contributed by atoms with E-state index in [2.05, 4.69) is 0 Å². The zero-order valence-corrected chi connectivity index (χ0v) is 25.3. The molecule has 5 rings (SSSR count). The average Bonchev–Trinajstić information content (AvgIpc) is 3.60. The lowest BCUT2D eigenvalue weighted by Gasteiger charge is -2.34. The van der Waals surface area contributed by atoms with Crippen molar-refractivity contribution in [2.45, 2.75) is 45.1 Å². The molecule has 0 bridgehead atoms. The molecule has 1 aliphatic carbocycles. The Bertz CT molecular complexity index is 1290. The van der Waals surface area contributed by atoms with Gasteiger partial charge >= 0.3 is 6.09 Å². The summed E-state index contributed by atoms with van der Waals surface area (Å²) in [5.74, 6) is 1.24. The molecular weight excluding hydrogens is 565 g/mol. The minimum absolute atomic E-state index is 0.0268. The quantitative estimate of drug-likeness (QED) is 0.416. The first kappa shape index (κ1) is 29.5. The minimum atomic E-state index is -0.492. The van der Waals surface area contributed by atoms with Gasteiger partial charge in [0, 0.05) is 50.5 Å². The SMILES string of the molecule is COc1ccc(OC(=O)N(C)[C@H]2CN(C(=O)C3CCN(C(=O)C4(C)CC4)CC3)CC2Cc2ccc(Cl)c(Cl)c2)cc1. The molecule has 3 amide bonds. The van der Waals surface area contributed by atoms with E-state index in [0.29, 0.717) is 67.0 Å². The number of methoxy groups -OCH3 is 1. The molecule has 2 aliphatic heterocycles. The predicted octanol–water partition coefficient (Wildman–Crippen LogP) is 5.54. The van der Waals surface area contributed by atoms with E-state index in [9.17, 15) is 14.4 Å². The van der Waals surface area contributed by atoms with Gasteiger partial charge in [-0.3, -0.25) is 9.59 Å². The van der Waals surface area contributed by atoms with E-state index >= 15 is 0 Å². The van der Waals surface area contributed by atoms with Crippen LogP contribution in [0.3, 0.4) is 0 Å². The molecule has 220 valence electrons. The van der Waals surface area contributed by atoms with Gasteiger partial charge in [0.1, 0.15) is 11.5 Å². The summed E-state index contributed by atoms with van der Waals surface area (Å²) in [5, 5.41) is 0.955. The van der Waals surface area contributed by atoms with E-state index in [0.717, 1.165) is 18.4 Å². The van der Waals surface area contributed by atoms with Crippen molar-refractivity contribution in [2.75, 3.05) is 40.3 Å². The number of likely N-dealkylation sites (tertiary alicyclic amines) is 2. The summed E-state index contributed by atoms with van der Waals surface area (Å²) in [4.78, 5) is 45.1. The highest BCUT2D eigenvalue weighted by Crippen LogP contribution is 2.47. The number of nitrogens with zero attached hydrogens (tertiary/aromatic N) is 3. The third-order valence-corrected chi connectivity index (χ3v) is 9.64. The number of likely N-dealkylation sites (N-methyl/N-ethyl adjacent to an activating group) is 1. The van der Waals surface area contributed by atoms with Crippen LogP contribution in [-0.2, 0) is 16.0 Å². The second-order valence-electron chi connectivity index (χ2n) is 11.8. The molecule has 1 unspecified atom stereocenters. The fourth-order valence-corrected chi connectivity index (χ4v) is 6.29. The largest absolute Gasteiger partial charge is 0.497 e. The predicted molar refractivity (Wildman–Crippen MR) is 157 cm³/mol. The maximum atomic E-state index is 13.7. The standard InChI is InChI=1S/C31H37Cl2N3O5/c1-31(12-13-31)29(38)35-14-10-21(11-15-35)28(37)36-18-22(16-20-4-9-25(32)26(33)17-20)27(19-36)34(2)30(39)41-24-7-5-23(40-3)6-8-24/h4-9,17,21-22,27H,10-16,18-19H2,1-3H3/t22?,27-/m0/s1. The van der Waals surface area contributed by atoms with Gasteiger partial charge in [-0.1, -0.05) is 36.2 Å². The van der Waals surface area contributed by atoms with Crippen molar-refractivity contribution in [1.82, 2.24) is 14.7 Å². The second-order valence-corrected chi connectivity index (χ2v) is 12.6. The normalized spacial score (nSPS) is 21.9. The van der Waals surface area contributed by atoms with Gasteiger partial charge < -0.3 is 24.2 Å². The molecule has 8 nitrogen and oxygen atoms in total. The Morgan fingerprint density at radius 2 is 1.61 bits per heavy atom. The molecule has 2 saturated heterocycles. The van der Waals surface area contributed by atoms with Crippen molar-refractivity contribution in [3.63, 3.8) is 0 Å². The van der Waals surface area contributed by atoms with Crippen molar-refractivity contribution in [3.8, 4) is 11.5 Å². The van der Waals surface area contributed by atoms with Gasteiger partial charge in [0.25, 0.3) is 0 Å². The Morgan fingerprint density at radius 3 is 2.22 bits per heavy atom. The van der Waals surface area contributed by atoms with Crippen LogP contribution < -0.4 is 9.47 Å². The van der Waals surface area contributed by atoms with E-state index in [4.69, 9.17) is 32.7 Å². The Morgan fingerprint density at radius 1 is 0.951 bits per heavy atom. The summed E-state index contributed by atoms with van der Waals surface area (Å²) in [6, 6.07) is 12.1. The molecule has 3 fully saturated rings. The molecule has 10 heteroatoms. The zero-order valence-electron chi connectivity index (χ0n) is 23.8. The van der Waals surface area contributed by atoms with E-state index < -0.39 is 6.09 Å². The van der Waals surface area contributed by atoms with Crippen LogP contribution >= 0.6 is 23.2 Å². The summed E-state index contributed by atoms with van der Waals surface area (Å²) in [5.41, 5.74) is 0.794. The van der Waals surface area contributed by atoms with Crippen LogP contribution in [0.15, 0.2) is 42.5 Å². The van der Waals surface area contributed by atoms with Crippen molar-refractivity contribution in [3.05, 3.63) is 58.1 Å². The number of carbonyl (C=O) groups excluding carboxylic acids is 3. The summed E-state index contributed by atoms with van der Waals surface area (Å²) >= 11 is 12.4. The van der Waals surface area contributed by atoms with E-state index in [1.54, 1.807) is 49.4 Å². The Hall–Kier alpha value is -2.97. The van der Waals surface area contributed by atoms with Gasteiger partial charge in [-0.2, -0.15) is 0 Å². The van der Waals surface area contributed by atoms with E-state index in [1.807, 2.05) is 28.9 Å². The topological polar surface area (TPSA) is 79.4 Å². The number of amides is 3. The lowest BCUT2D eigenvalue weighted by molar-refractivity contribution is -0.142. The van der Waals surface area contributed by atoms with Crippen LogP contribution in [-0.4, -0.2) is 79.0 Å². The summed E-state index contributed by atoms with van der Waals surface area (Å²) in [6.07, 6.45) is 3.36. The van der Waals surface area contributed by atoms with Crippen molar-refractivity contribution >= 4 is 41.1 Å². The Kier molecular flexibility index (Phi) is 8.71. The number of ether oxygens (including phenoxy) is 2. The van der Waals surface area contributed by atoms with Crippen LogP contribution in [0.1, 0.15) is 38.2 Å². The number of hydrogen-bond acceptors (Lipinski definition) is 5. The van der Waals surface area contributed by atoms with Crippen LogP contribution in [0.25, 0.3) is 0 Å². The third kappa shape index (κ3) is 6.59. The second kappa shape index (κ2) is 12.1. The summed E-state index contributed by atoms with van der Waals surface area (Å²) in [7, 11) is 3.29. The number of benzene rings is 2. The smallest absolute Gasteiger partial charge is 0.415 e. The summed E-state index contributed by atoms with van der Waals surface area (Å²) in [6.45, 7) is 4.18. The van der Waals surface area contributed by atoms with Crippen molar-refractivity contribution < 1.29 is 23.9 Å². The third-order valence-electron chi connectivity index (χ3n) is 8.90. The van der Waals surface area contributed by atoms with Gasteiger partial charge in [-0.25, -0.2) is 4.79 Å². The van der Waals surface area contributed by atoms with Gasteiger partial charge in [0.2, 0.25) is 11.8 Å². The Labute approximate surface area is 251 Å². The van der Waals surface area contributed by atoms with Crippen LogP contribution in [0, 0.1) is 17.3 Å². The fourth-order valence-electron chi connectivity index (χ4n) is 5.97. The first-order valence-corrected chi connectivity index (χ1v) is 14.9. The van der Waals surface area contributed by atoms with Crippen LogP contribution in [0.4, 0.5) is 4.79 Å². The molecule has 2 heterocycles. The lowest BCUT2D eigenvalue weighted by Crippen LogP contribution is -2.47. The van der Waals surface area contributed by atoms with Gasteiger partial charge in [-0.05, 0) is 74.1 Å².